The lowest BCUT2D eigenvalue weighted by molar-refractivity contribution is -0.127. The smallest absolute Gasteiger partial charge is 0.255 e. The van der Waals surface area contributed by atoms with Gasteiger partial charge in [0.25, 0.3) is 11.8 Å². The fourth-order valence-electron chi connectivity index (χ4n) is 4.63. The third-order valence-electron chi connectivity index (χ3n) is 6.66. The predicted octanol–water partition coefficient (Wildman–Crippen LogP) is 5.17. The molecule has 0 fully saturated rings. The first-order valence-corrected chi connectivity index (χ1v) is 14.2. The number of ether oxygens (including phenoxy) is 1. The van der Waals surface area contributed by atoms with Crippen LogP contribution in [0.5, 0.6) is 5.75 Å². The van der Waals surface area contributed by atoms with Gasteiger partial charge < -0.3 is 26.0 Å². The zero-order valence-corrected chi connectivity index (χ0v) is 24.1. The second-order valence-electron chi connectivity index (χ2n) is 9.90. The van der Waals surface area contributed by atoms with Crippen LogP contribution in [-0.4, -0.2) is 54.7 Å². The topological polar surface area (TPSA) is 126 Å². The minimum atomic E-state index is -0.258. The lowest BCUT2D eigenvalue weighted by Gasteiger charge is -2.23. The molecule has 0 unspecified atom stereocenters. The highest BCUT2D eigenvalue weighted by Crippen LogP contribution is 2.29. The monoisotopic (exact) mass is 567 g/mol. The van der Waals surface area contributed by atoms with Gasteiger partial charge in [-0.3, -0.25) is 14.4 Å². The summed E-state index contributed by atoms with van der Waals surface area (Å²) in [5, 5.41) is 5.79. The van der Waals surface area contributed by atoms with E-state index in [1.54, 1.807) is 53.4 Å². The third kappa shape index (κ3) is 8.06. The number of hydrogen-bond acceptors (Lipinski definition) is 6. The molecule has 3 aromatic carbocycles. The number of para-hydroxylation sites is 1. The van der Waals surface area contributed by atoms with E-state index in [2.05, 4.69) is 15.6 Å². The molecule has 9 nitrogen and oxygen atoms in total. The molecule has 4 rings (SSSR count). The molecule has 1 aliphatic rings. The van der Waals surface area contributed by atoms with E-state index in [1.165, 1.54) is 0 Å². The predicted molar refractivity (Wildman–Crippen MR) is 166 cm³/mol. The number of nitrogens with zero attached hydrogens (tertiary/aromatic N) is 2. The van der Waals surface area contributed by atoms with Crippen LogP contribution in [0.3, 0.4) is 0 Å². The molecular weight excluding hydrogens is 530 g/mol. The lowest BCUT2D eigenvalue weighted by Crippen LogP contribution is -2.36. The van der Waals surface area contributed by atoms with Crippen LogP contribution in [0, 0.1) is 0 Å². The molecule has 0 saturated carbocycles. The van der Waals surface area contributed by atoms with E-state index in [4.69, 9.17) is 10.5 Å². The van der Waals surface area contributed by atoms with Gasteiger partial charge in [0, 0.05) is 54.0 Å². The molecule has 42 heavy (non-hydrogen) atoms. The largest absolute Gasteiger partial charge is 0.494 e. The van der Waals surface area contributed by atoms with Crippen molar-refractivity contribution in [3.63, 3.8) is 0 Å². The number of carbonyl (C=O) groups is 3. The fourth-order valence-corrected chi connectivity index (χ4v) is 4.63. The number of rotatable bonds is 12. The number of amides is 3. The molecule has 3 aromatic rings. The van der Waals surface area contributed by atoms with Crippen LogP contribution in [0.2, 0.25) is 0 Å². The minimum absolute atomic E-state index is 0.119. The molecule has 0 aromatic heterocycles. The van der Waals surface area contributed by atoms with Crippen molar-refractivity contribution in [1.82, 2.24) is 10.2 Å². The van der Waals surface area contributed by atoms with E-state index in [1.807, 2.05) is 44.2 Å². The molecule has 3 amide bonds. The first-order chi connectivity index (χ1) is 20.4. The number of nitrogens with one attached hydrogen (secondary N) is 2. The van der Waals surface area contributed by atoms with E-state index in [0.29, 0.717) is 72.1 Å². The first-order valence-electron chi connectivity index (χ1n) is 14.2. The summed E-state index contributed by atoms with van der Waals surface area (Å²) >= 11 is 0. The Morgan fingerprint density at radius 3 is 2.38 bits per heavy atom. The maximum absolute atomic E-state index is 13.6. The number of carbonyl (C=O) groups excluding carboxylic acids is 3. The molecule has 0 spiro atoms. The first kappa shape index (κ1) is 30.0. The molecule has 0 saturated heterocycles. The van der Waals surface area contributed by atoms with Crippen LogP contribution in [0.4, 0.5) is 11.4 Å². The Bertz CT molecular complexity index is 1470. The van der Waals surface area contributed by atoms with Crippen molar-refractivity contribution in [2.24, 2.45) is 10.7 Å². The quantitative estimate of drug-likeness (QED) is 0.260. The Hall–Kier alpha value is -4.92. The van der Waals surface area contributed by atoms with Crippen LogP contribution in [0.15, 0.2) is 83.4 Å². The molecular formula is C33H37N5O4. The highest BCUT2D eigenvalue weighted by molar-refractivity contribution is 6.08. The van der Waals surface area contributed by atoms with E-state index in [-0.39, 0.29) is 24.1 Å². The average Bonchev–Trinajstić information content (AvgIpc) is 3.16. The number of nitrogens with two attached hydrogens (primary N) is 1. The van der Waals surface area contributed by atoms with Gasteiger partial charge in [0.05, 0.1) is 12.3 Å². The highest BCUT2D eigenvalue weighted by Gasteiger charge is 2.22. The molecule has 218 valence electrons. The summed E-state index contributed by atoms with van der Waals surface area (Å²) in [6.07, 6.45) is 3.39. The Kier molecular flexibility index (Phi) is 10.5. The van der Waals surface area contributed by atoms with Crippen molar-refractivity contribution in [3.8, 4) is 5.75 Å². The number of benzene rings is 3. The second kappa shape index (κ2) is 14.6. The van der Waals surface area contributed by atoms with Crippen molar-refractivity contribution in [3.05, 3.63) is 95.1 Å². The third-order valence-corrected chi connectivity index (χ3v) is 6.66. The summed E-state index contributed by atoms with van der Waals surface area (Å²) in [4.78, 5) is 45.2. The average molecular weight is 568 g/mol. The summed E-state index contributed by atoms with van der Waals surface area (Å²) < 4.78 is 5.42. The molecule has 0 radical (unpaired) electrons. The van der Waals surface area contributed by atoms with Crippen LogP contribution >= 0.6 is 0 Å². The Balaban J connectivity index is 1.39. The van der Waals surface area contributed by atoms with E-state index in [0.717, 1.165) is 12.2 Å². The van der Waals surface area contributed by atoms with Gasteiger partial charge in [-0.05, 0) is 74.4 Å². The summed E-state index contributed by atoms with van der Waals surface area (Å²) in [6.45, 7) is 5.98. The fraction of sp³-hybridized carbons (Fsp3) is 0.273. The number of hydrogen-bond donors (Lipinski definition) is 3. The molecule has 0 atom stereocenters. The SMILES string of the molecule is CCCN(CCCNC(=O)c1ccc(OCC)cc1)C(=O)C1=Cc2ccc(C(=O)Nc3ccccc3)cc2N=C(N)C1. The zero-order chi connectivity index (χ0) is 29.9. The van der Waals surface area contributed by atoms with Gasteiger partial charge >= 0.3 is 0 Å². The Morgan fingerprint density at radius 1 is 0.929 bits per heavy atom. The van der Waals surface area contributed by atoms with Gasteiger partial charge in [0.2, 0.25) is 5.91 Å². The van der Waals surface area contributed by atoms with Crippen LogP contribution in [0.1, 0.15) is 59.4 Å². The molecule has 1 heterocycles. The van der Waals surface area contributed by atoms with Gasteiger partial charge in [-0.15, -0.1) is 0 Å². The molecule has 1 aliphatic heterocycles. The van der Waals surface area contributed by atoms with Crippen molar-refractivity contribution < 1.29 is 19.1 Å². The summed E-state index contributed by atoms with van der Waals surface area (Å²) in [5.74, 6) is 0.471. The van der Waals surface area contributed by atoms with Crippen molar-refractivity contribution in [2.75, 3.05) is 31.6 Å². The van der Waals surface area contributed by atoms with Crippen molar-refractivity contribution in [2.45, 2.75) is 33.1 Å². The summed E-state index contributed by atoms with van der Waals surface area (Å²) in [7, 11) is 0. The minimum Gasteiger partial charge on any atom is -0.494 e. The highest BCUT2D eigenvalue weighted by atomic mass is 16.5. The Labute approximate surface area is 246 Å². The normalized spacial score (nSPS) is 12.2. The van der Waals surface area contributed by atoms with Crippen molar-refractivity contribution >= 4 is 41.0 Å². The number of amidine groups is 1. The second-order valence-corrected chi connectivity index (χ2v) is 9.90. The molecule has 9 heteroatoms. The Morgan fingerprint density at radius 2 is 1.67 bits per heavy atom. The van der Waals surface area contributed by atoms with E-state index >= 15 is 0 Å². The molecule has 4 N–H and O–H groups in total. The van der Waals surface area contributed by atoms with Gasteiger partial charge in [-0.25, -0.2) is 4.99 Å². The van der Waals surface area contributed by atoms with Gasteiger partial charge in [0.15, 0.2) is 0 Å². The number of fused-ring (bicyclic) bond motifs is 1. The number of anilines is 1. The van der Waals surface area contributed by atoms with Crippen LogP contribution in [0.25, 0.3) is 6.08 Å². The lowest BCUT2D eigenvalue weighted by atomic mass is 10.0. The van der Waals surface area contributed by atoms with E-state index in [9.17, 15) is 14.4 Å². The van der Waals surface area contributed by atoms with E-state index < -0.39 is 0 Å². The van der Waals surface area contributed by atoms with Crippen molar-refractivity contribution in [1.29, 1.82) is 0 Å². The van der Waals surface area contributed by atoms with Crippen LogP contribution in [-0.2, 0) is 4.79 Å². The number of aliphatic imine (C=N–C) groups is 1. The maximum Gasteiger partial charge on any atom is 0.255 e. The maximum atomic E-state index is 13.6. The zero-order valence-electron chi connectivity index (χ0n) is 24.1. The standard InChI is InChI=1S/C33H37N5O4/c1-3-18-38(19-8-17-35-31(39)23-13-15-28(16-14-23)42-4-2)33(41)26-20-24-11-12-25(21-29(24)37-30(34)22-26)32(40)36-27-9-6-5-7-10-27/h5-7,9-16,20-21H,3-4,8,17-19,22H2,1-2H3,(H2,34,37)(H,35,39)(H,36,40). The molecule has 0 bridgehead atoms. The summed E-state index contributed by atoms with van der Waals surface area (Å²) in [6, 6.07) is 21.4. The van der Waals surface area contributed by atoms with Gasteiger partial charge in [0.1, 0.15) is 11.6 Å². The summed E-state index contributed by atoms with van der Waals surface area (Å²) in [5.41, 5.74) is 9.69. The van der Waals surface area contributed by atoms with Crippen LogP contribution < -0.4 is 21.1 Å². The molecule has 0 aliphatic carbocycles. The van der Waals surface area contributed by atoms with Gasteiger partial charge in [-0.2, -0.15) is 0 Å². The van der Waals surface area contributed by atoms with Gasteiger partial charge in [-0.1, -0.05) is 31.2 Å².